The van der Waals surface area contributed by atoms with E-state index in [-0.39, 0.29) is 0 Å². The van der Waals surface area contributed by atoms with E-state index in [2.05, 4.69) is 19.1 Å². The third kappa shape index (κ3) is 0.920. The maximum absolute atomic E-state index is 2.46. The van der Waals surface area contributed by atoms with Crippen LogP contribution in [0.25, 0.3) is 0 Å². The second-order valence-corrected chi connectivity index (χ2v) is 3.49. The molecule has 2 rings (SSSR count). The van der Waals surface area contributed by atoms with Crippen LogP contribution in [0.5, 0.6) is 0 Å². The highest BCUT2D eigenvalue weighted by Crippen LogP contribution is 2.35. The number of rotatable bonds is 0. The van der Waals surface area contributed by atoms with Gasteiger partial charge < -0.3 is 0 Å². The van der Waals surface area contributed by atoms with Gasteiger partial charge in [-0.1, -0.05) is 19.1 Å². The van der Waals surface area contributed by atoms with Crippen molar-refractivity contribution >= 4 is 0 Å². The molecule has 0 saturated heterocycles. The molecule has 0 radical (unpaired) electrons. The minimum absolute atomic E-state index is 0.803. The smallest absolute Gasteiger partial charge is 0.0221 e. The lowest BCUT2D eigenvalue weighted by Crippen LogP contribution is -1.96. The van der Waals surface area contributed by atoms with Crippen molar-refractivity contribution in [2.45, 2.75) is 32.6 Å². The molecule has 0 spiro atoms. The molecular formula is C10H14. The average molecular weight is 134 g/mol. The molecule has 0 N–H and O–H groups in total. The molecule has 0 heteroatoms. The van der Waals surface area contributed by atoms with Crippen LogP contribution >= 0.6 is 0 Å². The summed E-state index contributed by atoms with van der Waals surface area (Å²) in [5, 5.41) is 0. The summed E-state index contributed by atoms with van der Waals surface area (Å²) in [4.78, 5) is 0. The fourth-order valence-corrected chi connectivity index (χ4v) is 1.95. The van der Waals surface area contributed by atoms with Gasteiger partial charge in [0.15, 0.2) is 0 Å². The summed E-state index contributed by atoms with van der Waals surface area (Å²) in [6.45, 7) is 2.30. The summed E-state index contributed by atoms with van der Waals surface area (Å²) >= 11 is 0. The van der Waals surface area contributed by atoms with Crippen molar-refractivity contribution in [3.63, 3.8) is 0 Å². The zero-order valence-corrected chi connectivity index (χ0v) is 6.56. The third-order valence-electron chi connectivity index (χ3n) is 2.53. The van der Waals surface area contributed by atoms with Crippen molar-refractivity contribution in [2.24, 2.45) is 5.92 Å². The molecular weight excluding hydrogens is 120 g/mol. The van der Waals surface area contributed by atoms with Gasteiger partial charge >= 0.3 is 0 Å². The summed E-state index contributed by atoms with van der Waals surface area (Å²) in [6.07, 6.45) is 10.3. The fraction of sp³-hybridized carbons (Fsp3) is 0.600. The molecule has 0 aliphatic heterocycles. The van der Waals surface area contributed by atoms with Crippen LogP contribution in [-0.4, -0.2) is 0 Å². The largest absolute Gasteiger partial charge is 0.0805 e. The van der Waals surface area contributed by atoms with Crippen LogP contribution in [0, 0.1) is 5.92 Å². The van der Waals surface area contributed by atoms with E-state index in [1.165, 1.54) is 25.7 Å². The Bertz CT molecular complexity index is 196. The Balaban J connectivity index is 2.27. The van der Waals surface area contributed by atoms with Gasteiger partial charge in [-0.25, -0.2) is 0 Å². The Morgan fingerprint density at radius 3 is 3.00 bits per heavy atom. The first-order valence-electron chi connectivity index (χ1n) is 4.26. The van der Waals surface area contributed by atoms with Gasteiger partial charge in [0.2, 0.25) is 0 Å². The first-order valence-corrected chi connectivity index (χ1v) is 4.26. The first-order chi connectivity index (χ1) is 4.86. The lowest BCUT2D eigenvalue weighted by molar-refractivity contribution is 0.722. The van der Waals surface area contributed by atoms with Crippen LogP contribution < -0.4 is 0 Å². The van der Waals surface area contributed by atoms with Crippen molar-refractivity contribution < 1.29 is 0 Å². The van der Waals surface area contributed by atoms with Gasteiger partial charge in [-0.3, -0.25) is 0 Å². The van der Waals surface area contributed by atoms with E-state index in [0.29, 0.717) is 0 Å². The second-order valence-electron chi connectivity index (χ2n) is 3.49. The van der Waals surface area contributed by atoms with Gasteiger partial charge in [-0.2, -0.15) is 0 Å². The molecule has 1 atom stereocenters. The van der Waals surface area contributed by atoms with Gasteiger partial charge in [0, 0.05) is 0 Å². The molecule has 2 aliphatic rings. The Hall–Kier alpha value is -0.520. The van der Waals surface area contributed by atoms with Crippen LogP contribution in [0.1, 0.15) is 32.6 Å². The summed E-state index contributed by atoms with van der Waals surface area (Å²) in [6, 6.07) is 0. The molecule has 0 bridgehead atoms. The van der Waals surface area contributed by atoms with Crippen LogP contribution in [0.2, 0.25) is 0 Å². The number of fused-ring (bicyclic) bond motifs is 1. The lowest BCUT2D eigenvalue weighted by atomic mass is 9.94. The van der Waals surface area contributed by atoms with E-state index < -0.39 is 0 Å². The zero-order valence-electron chi connectivity index (χ0n) is 6.56. The SMILES string of the molecule is CC1C=C2CCCC2=CC1. The molecule has 0 aromatic carbocycles. The van der Waals surface area contributed by atoms with Gasteiger partial charge in [0.25, 0.3) is 0 Å². The summed E-state index contributed by atoms with van der Waals surface area (Å²) in [7, 11) is 0. The second kappa shape index (κ2) is 2.26. The first kappa shape index (κ1) is 6.21. The molecule has 2 aliphatic carbocycles. The number of hydrogen-bond donors (Lipinski definition) is 0. The van der Waals surface area contributed by atoms with E-state index in [1.807, 2.05) is 0 Å². The predicted octanol–water partition coefficient (Wildman–Crippen LogP) is 3.06. The Kier molecular flexibility index (Phi) is 1.40. The molecule has 1 fully saturated rings. The molecule has 10 heavy (non-hydrogen) atoms. The van der Waals surface area contributed by atoms with Crippen molar-refractivity contribution in [2.75, 3.05) is 0 Å². The maximum atomic E-state index is 2.46. The van der Waals surface area contributed by atoms with Crippen molar-refractivity contribution in [1.82, 2.24) is 0 Å². The average Bonchev–Trinajstić information content (AvgIpc) is 2.33. The van der Waals surface area contributed by atoms with Gasteiger partial charge in [0.05, 0.1) is 0 Å². The molecule has 0 amide bonds. The minimum Gasteiger partial charge on any atom is -0.0805 e. The quantitative estimate of drug-likeness (QED) is 0.477. The molecule has 0 aromatic rings. The van der Waals surface area contributed by atoms with Gasteiger partial charge in [0.1, 0.15) is 0 Å². The monoisotopic (exact) mass is 134 g/mol. The molecule has 0 aromatic heterocycles. The van der Waals surface area contributed by atoms with E-state index in [1.54, 1.807) is 11.1 Å². The molecule has 0 heterocycles. The van der Waals surface area contributed by atoms with Crippen LogP contribution in [0.15, 0.2) is 23.3 Å². The van der Waals surface area contributed by atoms with Crippen LogP contribution in [0.3, 0.4) is 0 Å². The normalized spacial score (nSPS) is 31.1. The van der Waals surface area contributed by atoms with Crippen molar-refractivity contribution in [3.8, 4) is 0 Å². The van der Waals surface area contributed by atoms with E-state index >= 15 is 0 Å². The van der Waals surface area contributed by atoms with E-state index in [4.69, 9.17) is 0 Å². The number of hydrogen-bond acceptors (Lipinski definition) is 0. The maximum Gasteiger partial charge on any atom is -0.0221 e. The Morgan fingerprint density at radius 1 is 1.30 bits per heavy atom. The predicted molar refractivity (Wildman–Crippen MR) is 43.8 cm³/mol. The minimum atomic E-state index is 0.803. The molecule has 1 saturated carbocycles. The molecule has 1 unspecified atom stereocenters. The van der Waals surface area contributed by atoms with Gasteiger partial charge in [-0.05, 0) is 42.7 Å². The highest BCUT2D eigenvalue weighted by molar-refractivity contribution is 5.37. The number of allylic oxidation sites excluding steroid dienone is 4. The summed E-state index contributed by atoms with van der Waals surface area (Å²) in [5.74, 6) is 0.803. The third-order valence-corrected chi connectivity index (χ3v) is 2.53. The van der Waals surface area contributed by atoms with E-state index in [0.717, 1.165) is 5.92 Å². The molecule has 0 nitrogen and oxygen atoms in total. The van der Waals surface area contributed by atoms with Crippen LogP contribution in [-0.2, 0) is 0 Å². The lowest BCUT2D eigenvalue weighted by Gasteiger charge is -2.12. The highest BCUT2D eigenvalue weighted by atomic mass is 14.2. The Labute approximate surface area is 62.6 Å². The zero-order chi connectivity index (χ0) is 6.97. The molecule has 54 valence electrons. The highest BCUT2D eigenvalue weighted by Gasteiger charge is 2.17. The topological polar surface area (TPSA) is 0 Å². The van der Waals surface area contributed by atoms with Gasteiger partial charge in [-0.15, -0.1) is 0 Å². The van der Waals surface area contributed by atoms with Crippen molar-refractivity contribution in [1.29, 1.82) is 0 Å². The standard InChI is InChI=1S/C10H14/c1-8-5-6-9-3-2-4-10(9)7-8/h6-8H,2-5H2,1H3. The Morgan fingerprint density at radius 2 is 2.10 bits per heavy atom. The van der Waals surface area contributed by atoms with E-state index in [9.17, 15) is 0 Å². The summed E-state index contributed by atoms with van der Waals surface area (Å²) < 4.78 is 0. The fourth-order valence-electron chi connectivity index (χ4n) is 1.95. The van der Waals surface area contributed by atoms with Crippen LogP contribution in [0.4, 0.5) is 0 Å². The summed E-state index contributed by atoms with van der Waals surface area (Å²) in [5.41, 5.74) is 3.30. The van der Waals surface area contributed by atoms with Crippen molar-refractivity contribution in [3.05, 3.63) is 23.3 Å².